The van der Waals surface area contributed by atoms with E-state index in [4.69, 9.17) is 0 Å². The summed E-state index contributed by atoms with van der Waals surface area (Å²) < 4.78 is 0. The predicted molar refractivity (Wildman–Crippen MR) is 128 cm³/mol. The van der Waals surface area contributed by atoms with E-state index in [1.54, 1.807) is 6.20 Å². The quantitative estimate of drug-likeness (QED) is 0.739. The van der Waals surface area contributed by atoms with E-state index in [9.17, 15) is 14.4 Å². The zero-order valence-electron chi connectivity index (χ0n) is 19.3. The molecule has 8 heteroatoms. The third kappa shape index (κ3) is 4.62. The van der Waals surface area contributed by atoms with E-state index in [1.165, 1.54) is 4.90 Å². The third-order valence-corrected chi connectivity index (χ3v) is 7.37. The Morgan fingerprint density at radius 3 is 2.47 bits per heavy atom. The van der Waals surface area contributed by atoms with Gasteiger partial charge in [-0.1, -0.05) is 36.4 Å². The van der Waals surface area contributed by atoms with Gasteiger partial charge in [-0.15, -0.1) is 0 Å². The van der Waals surface area contributed by atoms with Crippen LogP contribution < -0.4 is 10.2 Å². The number of anilines is 1. The summed E-state index contributed by atoms with van der Waals surface area (Å²) in [6, 6.07) is 15.1. The van der Waals surface area contributed by atoms with Gasteiger partial charge in [0.05, 0.1) is 5.92 Å². The number of carbonyl (C=O) groups excluding carboxylic acids is 3. The first-order valence-electron chi connectivity index (χ1n) is 12.2. The van der Waals surface area contributed by atoms with Crippen LogP contribution in [0.15, 0.2) is 54.7 Å². The second kappa shape index (κ2) is 9.83. The highest BCUT2D eigenvalue weighted by atomic mass is 16.2. The number of benzene rings is 1. The molecule has 2 aliphatic heterocycles. The van der Waals surface area contributed by atoms with Crippen LogP contribution in [-0.2, 0) is 16.0 Å². The fourth-order valence-corrected chi connectivity index (χ4v) is 5.44. The van der Waals surface area contributed by atoms with Gasteiger partial charge >= 0.3 is 6.03 Å². The van der Waals surface area contributed by atoms with Crippen molar-refractivity contribution in [3.63, 3.8) is 0 Å². The highest BCUT2D eigenvalue weighted by molar-refractivity contribution is 5.99. The lowest BCUT2D eigenvalue weighted by atomic mass is 9.76. The van der Waals surface area contributed by atoms with Crippen molar-refractivity contribution in [3.8, 4) is 0 Å². The highest BCUT2D eigenvalue weighted by Gasteiger charge is 2.45. The molecule has 1 N–H and O–H groups in total. The number of hydrogen-bond donors (Lipinski definition) is 1. The van der Waals surface area contributed by atoms with Crippen molar-refractivity contribution in [2.45, 2.75) is 31.7 Å². The van der Waals surface area contributed by atoms with Crippen molar-refractivity contribution in [1.29, 1.82) is 0 Å². The summed E-state index contributed by atoms with van der Waals surface area (Å²) >= 11 is 0. The van der Waals surface area contributed by atoms with Gasteiger partial charge in [-0.2, -0.15) is 0 Å². The first-order valence-corrected chi connectivity index (χ1v) is 12.2. The molecule has 2 saturated heterocycles. The molecule has 1 saturated carbocycles. The van der Waals surface area contributed by atoms with Crippen molar-refractivity contribution >= 4 is 23.7 Å². The number of aromatic nitrogens is 1. The molecular formula is C26H31N5O3. The van der Waals surface area contributed by atoms with Crippen molar-refractivity contribution in [2.75, 3.05) is 37.6 Å². The van der Waals surface area contributed by atoms with Crippen molar-refractivity contribution in [1.82, 2.24) is 20.1 Å². The normalized spacial score (nSPS) is 25.1. The summed E-state index contributed by atoms with van der Waals surface area (Å²) in [5.74, 6) is 0.604. The first kappa shape index (κ1) is 22.4. The van der Waals surface area contributed by atoms with Crippen LogP contribution >= 0.6 is 0 Å². The lowest BCUT2D eigenvalue weighted by Gasteiger charge is -2.43. The molecular weight excluding hydrogens is 430 g/mol. The molecule has 178 valence electrons. The zero-order chi connectivity index (χ0) is 23.5. The smallest absolute Gasteiger partial charge is 0.324 e. The lowest BCUT2D eigenvalue weighted by molar-refractivity contribution is -0.142. The standard InChI is InChI=1S/C26H31N5O3/c32-24(30-16-14-29(15-17-30)23-8-4-5-12-27-23)20-9-10-21-22(18-20)28-26(34)31(25(21)33)13-11-19-6-2-1-3-7-19/h1-8,12,20-22H,9-11,13-18H2,(H,28,34). The first-order chi connectivity index (χ1) is 16.6. The summed E-state index contributed by atoms with van der Waals surface area (Å²) in [6.07, 6.45) is 4.29. The molecule has 1 aromatic carbocycles. The largest absolute Gasteiger partial charge is 0.353 e. The number of fused-ring (bicyclic) bond motifs is 1. The number of nitrogens with one attached hydrogen (secondary N) is 1. The van der Waals surface area contributed by atoms with Gasteiger partial charge in [0.2, 0.25) is 11.8 Å². The van der Waals surface area contributed by atoms with E-state index < -0.39 is 0 Å². The number of piperazine rings is 1. The Morgan fingerprint density at radius 2 is 1.74 bits per heavy atom. The van der Waals surface area contributed by atoms with E-state index in [0.717, 1.165) is 24.5 Å². The van der Waals surface area contributed by atoms with Gasteiger partial charge in [-0.25, -0.2) is 9.78 Å². The molecule has 1 aliphatic carbocycles. The van der Waals surface area contributed by atoms with Crippen LogP contribution in [0.2, 0.25) is 0 Å². The van der Waals surface area contributed by atoms with Gasteiger partial charge in [0.1, 0.15) is 5.82 Å². The van der Waals surface area contributed by atoms with Crippen LogP contribution in [0.5, 0.6) is 0 Å². The number of amides is 4. The maximum atomic E-state index is 13.2. The number of imide groups is 1. The van der Waals surface area contributed by atoms with Crippen LogP contribution in [0.25, 0.3) is 0 Å². The SMILES string of the molecule is O=C(C1CCC2C(=O)N(CCc3ccccc3)C(=O)NC2C1)N1CCN(c2ccccn2)CC1. The Balaban J connectivity index is 1.15. The van der Waals surface area contributed by atoms with E-state index in [2.05, 4.69) is 15.2 Å². The number of pyridine rings is 1. The molecule has 3 atom stereocenters. The van der Waals surface area contributed by atoms with Gasteiger partial charge in [0.15, 0.2) is 0 Å². The maximum Gasteiger partial charge on any atom is 0.324 e. The van der Waals surface area contributed by atoms with Crippen LogP contribution in [0.4, 0.5) is 10.6 Å². The number of carbonyl (C=O) groups is 3. The van der Waals surface area contributed by atoms with E-state index in [-0.39, 0.29) is 35.7 Å². The van der Waals surface area contributed by atoms with Gasteiger partial charge in [-0.05, 0) is 43.4 Å². The average Bonchev–Trinajstić information content (AvgIpc) is 2.89. The minimum atomic E-state index is -0.334. The summed E-state index contributed by atoms with van der Waals surface area (Å²) in [6.45, 7) is 3.22. The third-order valence-electron chi connectivity index (χ3n) is 7.37. The minimum Gasteiger partial charge on any atom is -0.353 e. The summed E-state index contributed by atoms with van der Waals surface area (Å²) in [7, 11) is 0. The van der Waals surface area contributed by atoms with E-state index in [1.807, 2.05) is 53.4 Å². The van der Waals surface area contributed by atoms with Gasteiger partial charge in [-0.3, -0.25) is 14.5 Å². The monoisotopic (exact) mass is 461 g/mol. The van der Waals surface area contributed by atoms with E-state index in [0.29, 0.717) is 45.3 Å². The van der Waals surface area contributed by atoms with Crippen molar-refractivity contribution < 1.29 is 14.4 Å². The summed E-state index contributed by atoms with van der Waals surface area (Å²) in [5.41, 5.74) is 1.10. The Bertz CT molecular complexity index is 1020. The molecule has 0 radical (unpaired) electrons. The molecule has 4 amide bonds. The zero-order valence-corrected chi connectivity index (χ0v) is 19.3. The molecule has 3 unspecified atom stereocenters. The van der Waals surface area contributed by atoms with Crippen LogP contribution in [0, 0.1) is 11.8 Å². The molecule has 2 aromatic rings. The Labute approximate surface area is 199 Å². The molecule has 3 aliphatic rings. The Hall–Kier alpha value is -3.42. The molecule has 1 aromatic heterocycles. The molecule has 3 fully saturated rings. The number of urea groups is 1. The number of rotatable bonds is 5. The Kier molecular flexibility index (Phi) is 6.47. The minimum absolute atomic E-state index is 0.0976. The fourth-order valence-electron chi connectivity index (χ4n) is 5.44. The second-order valence-corrected chi connectivity index (χ2v) is 9.40. The fraction of sp³-hybridized carbons (Fsp3) is 0.462. The Morgan fingerprint density at radius 1 is 0.971 bits per heavy atom. The summed E-state index contributed by atoms with van der Waals surface area (Å²) in [5, 5.41) is 3.03. The van der Waals surface area contributed by atoms with Gasteiger partial charge in [0.25, 0.3) is 0 Å². The maximum absolute atomic E-state index is 13.2. The van der Waals surface area contributed by atoms with Gasteiger partial charge in [0, 0.05) is 50.9 Å². The highest BCUT2D eigenvalue weighted by Crippen LogP contribution is 2.34. The van der Waals surface area contributed by atoms with Crippen molar-refractivity contribution in [2.24, 2.45) is 11.8 Å². The number of hydrogen-bond acceptors (Lipinski definition) is 5. The van der Waals surface area contributed by atoms with Crippen LogP contribution in [0.3, 0.4) is 0 Å². The van der Waals surface area contributed by atoms with Crippen molar-refractivity contribution in [3.05, 3.63) is 60.3 Å². The molecule has 3 heterocycles. The van der Waals surface area contributed by atoms with Gasteiger partial charge < -0.3 is 15.1 Å². The molecule has 34 heavy (non-hydrogen) atoms. The molecule has 0 spiro atoms. The molecule has 8 nitrogen and oxygen atoms in total. The van der Waals surface area contributed by atoms with E-state index >= 15 is 0 Å². The topological polar surface area (TPSA) is 85.8 Å². The average molecular weight is 462 g/mol. The van der Waals surface area contributed by atoms with Crippen LogP contribution in [0.1, 0.15) is 24.8 Å². The number of nitrogens with zero attached hydrogens (tertiary/aromatic N) is 4. The van der Waals surface area contributed by atoms with Crippen LogP contribution in [-0.4, -0.2) is 71.4 Å². The lowest BCUT2D eigenvalue weighted by Crippen LogP contribution is -2.62. The second-order valence-electron chi connectivity index (χ2n) is 9.40. The molecule has 5 rings (SSSR count). The predicted octanol–water partition coefficient (Wildman–Crippen LogP) is 2.31. The summed E-state index contributed by atoms with van der Waals surface area (Å²) in [4.78, 5) is 48.9. The molecule has 0 bridgehead atoms.